The maximum atomic E-state index is 11.4. The van der Waals surface area contributed by atoms with E-state index in [2.05, 4.69) is 41.3 Å². The first kappa shape index (κ1) is 16.5. The SMILES string of the molecule is COC(=O)c1ccc(CNCC(C)(C)SC)c(Br)c1. The molecule has 1 aromatic carbocycles. The number of carbonyl (C=O) groups excluding carboxylic acids is 1. The molecule has 0 atom stereocenters. The first-order chi connectivity index (χ1) is 8.89. The fourth-order valence-corrected chi connectivity index (χ4v) is 2.27. The number of methoxy groups -OCH3 is 1. The number of nitrogens with one attached hydrogen (secondary N) is 1. The Kier molecular flexibility index (Phi) is 6.36. The van der Waals surface area contributed by atoms with E-state index in [1.807, 2.05) is 17.8 Å². The zero-order valence-electron chi connectivity index (χ0n) is 11.7. The van der Waals surface area contributed by atoms with E-state index in [1.165, 1.54) is 7.11 Å². The fraction of sp³-hybridized carbons (Fsp3) is 0.500. The van der Waals surface area contributed by atoms with Crippen molar-refractivity contribution in [2.24, 2.45) is 0 Å². The summed E-state index contributed by atoms with van der Waals surface area (Å²) in [6.07, 6.45) is 2.11. The van der Waals surface area contributed by atoms with Crippen molar-refractivity contribution >= 4 is 33.7 Å². The highest BCUT2D eigenvalue weighted by Crippen LogP contribution is 2.21. The van der Waals surface area contributed by atoms with Crippen LogP contribution in [0.2, 0.25) is 0 Å². The van der Waals surface area contributed by atoms with Gasteiger partial charge in [0, 0.05) is 22.3 Å². The molecule has 0 radical (unpaired) electrons. The van der Waals surface area contributed by atoms with Gasteiger partial charge in [-0.25, -0.2) is 4.79 Å². The van der Waals surface area contributed by atoms with Gasteiger partial charge in [-0.1, -0.05) is 22.0 Å². The third-order valence-electron chi connectivity index (χ3n) is 2.89. The molecule has 5 heteroatoms. The second-order valence-corrected chi connectivity index (χ2v) is 7.23. The van der Waals surface area contributed by atoms with Gasteiger partial charge in [-0.2, -0.15) is 11.8 Å². The number of carbonyl (C=O) groups is 1. The van der Waals surface area contributed by atoms with E-state index in [9.17, 15) is 4.79 Å². The van der Waals surface area contributed by atoms with Crippen molar-refractivity contribution in [2.45, 2.75) is 25.1 Å². The zero-order valence-corrected chi connectivity index (χ0v) is 14.2. The average Bonchev–Trinajstić information content (AvgIpc) is 2.39. The topological polar surface area (TPSA) is 38.3 Å². The molecule has 0 saturated carbocycles. The van der Waals surface area contributed by atoms with Gasteiger partial charge >= 0.3 is 5.97 Å². The molecule has 0 aliphatic rings. The highest BCUT2D eigenvalue weighted by Gasteiger charge is 2.15. The van der Waals surface area contributed by atoms with Gasteiger partial charge in [0.15, 0.2) is 0 Å². The van der Waals surface area contributed by atoms with Crippen molar-refractivity contribution in [3.63, 3.8) is 0 Å². The monoisotopic (exact) mass is 345 g/mol. The predicted octanol–water partition coefficient (Wildman–Crippen LogP) is 3.47. The third kappa shape index (κ3) is 5.16. The van der Waals surface area contributed by atoms with Gasteiger partial charge in [-0.05, 0) is 37.8 Å². The lowest BCUT2D eigenvalue weighted by molar-refractivity contribution is 0.0600. The predicted molar refractivity (Wildman–Crippen MR) is 84.8 cm³/mol. The number of benzene rings is 1. The number of rotatable bonds is 6. The minimum atomic E-state index is -0.316. The van der Waals surface area contributed by atoms with Crippen molar-refractivity contribution in [1.29, 1.82) is 0 Å². The third-order valence-corrected chi connectivity index (χ3v) is 4.88. The normalized spacial score (nSPS) is 11.4. The summed E-state index contributed by atoms with van der Waals surface area (Å²) in [6, 6.07) is 5.52. The number of hydrogen-bond donors (Lipinski definition) is 1. The van der Waals surface area contributed by atoms with E-state index in [0.29, 0.717) is 5.56 Å². The number of esters is 1. The summed E-state index contributed by atoms with van der Waals surface area (Å²) in [5.74, 6) is -0.316. The number of hydrogen-bond acceptors (Lipinski definition) is 4. The molecule has 1 N–H and O–H groups in total. The Balaban J connectivity index is 2.63. The fourth-order valence-electron chi connectivity index (χ4n) is 1.51. The summed E-state index contributed by atoms with van der Waals surface area (Å²) < 4.78 is 5.84. The minimum absolute atomic E-state index is 0.221. The molecule has 1 rings (SSSR count). The van der Waals surface area contributed by atoms with Gasteiger partial charge < -0.3 is 10.1 Å². The molecule has 0 bridgehead atoms. The molecule has 0 unspecified atom stereocenters. The van der Waals surface area contributed by atoms with Crippen molar-refractivity contribution in [3.8, 4) is 0 Å². The van der Waals surface area contributed by atoms with Gasteiger partial charge in [0.25, 0.3) is 0 Å². The molecule has 106 valence electrons. The smallest absolute Gasteiger partial charge is 0.337 e. The van der Waals surface area contributed by atoms with E-state index < -0.39 is 0 Å². The summed E-state index contributed by atoms with van der Waals surface area (Å²) >= 11 is 5.33. The van der Waals surface area contributed by atoms with E-state index in [4.69, 9.17) is 4.74 Å². The summed E-state index contributed by atoms with van der Waals surface area (Å²) in [7, 11) is 1.39. The van der Waals surface area contributed by atoms with Crippen molar-refractivity contribution in [1.82, 2.24) is 5.32 Å². The van der Waals surface area contributed by atoms with E-state index in [1.54, 1.807) is 12.1 Å². The Bertz CT molecular complexity index is 449. The van der Waals surface area contributed by atoms with E-state index in [-0.39, 0.29) is 10.7 Å². The summed E-state index contributed by atoms with van der Waals surface area (Å²) in [4.78, 5) is 11.4. The average molecular weight is 346 g/mol. The van der Waals surface area contributed by atoms with Crippen LogP contribution in [-0.2, 0) is 11.3 Å². The molecule has 0 heterocycles. The highest BCUT2D eigenvalue weighted by atomic mass is 79.9. The minimum Gasteiger partial charge on any atom is -0.465 e. The molecule has 0 aliphatic heterocycles. The molecule has 0 spiro atoms. The molecule has 0 aliphatic carbocycles. The van der Waals surface area contributed by atoms with Crippen LogP contribution in [0.25, 0.3) is 0 Å². The van der Waals surface area contributed by atoms with Crippen LogP contribution in [0.4, 0.5) is 0 Å². The Labute approximate surface area is 127 Å². The van der Waals surface area contributed by atoms with Crippen LogP contribution in [0, 0.1) is 0 Å². The lowest BCUT2D eigenvalue weighted by Gasteiger charge is -2.22. The molecule has 1 aromatic rings. The zero-order chi connectivity index (χ0) is 14.5. The van der Waals surface area contributed by atoms with Crippen LogP contribution in [0.1, 0.15) is 29.8 Å². The van der Waals surface area contributed by atoms with E-state index in [0.717, 1.165) is 23.1 Å². The standard InChI is InChI=1S/C14H20BrNO2S/c1-14(2,19-4)9-16-8-11-6-5-10(7-12(11)15)13(17)18-3/h5-7,16H,8-9H2,1-4H3. The Hall–Kier alpha value is -0.520. The van der Waals surface area contributed by atoms with Crippen LogP contribution in [-0.4, -0.2) is 30.6 Å². The molecule has 19 heavy (non-hydrogen) atoms. The van der Waals surface area contributed by atoms with Gasteiger partial charge in [0.2, 0.25) is 0 Å². The van der Waals surface area contributed by atoms with Gasteiger partial charge in [-0.15, -0.1) is 0 Å². The quantitative estimate of drug-likeness (QED) is 0.801. The second kappa shape index (κ2) is 7.31. The van der Waals surface area contributed by atoms with Crippen LogP contribution < -0.4 is 5.32 Å². The molecule has 0 saturated heterocycles. The molecule has 0 aromatic heterocycles. The maximum Gasteiger partial charge on any atom is 0.337 e. The van der Waals surface area contributed by atoms with Gasteiger partial charge in [0.1, 0.15) is 0 Å². The number of thioether (sulfide) groups is 1. The Morgan fingerprint density at radius 2 is 2.16 bits per heavy atom. The highest BCUT2D eigenvalue weighted by molar-refractivity contribution is 9.10. The van der Waals surface area contributed by atoms with Crippen LogP contribution >= 0.6 is 27.7 Å². The second-order valence-electron chi connectivity index (χ2n) is 4.87. The Morgan fingerprint density at radius 3 is 2.68 bits per heavy atom. The Morgan fingerprint density at radius 1 is 1.47 bits per heavy atom. The van der Waals surface area contributed by atoms with Crippen molar-refractivity contribution in [3.05, 3.63) is 33.8 Å². The molecule has 0 amide bonds. The first-order valence-electron chi connectivity index (χ1n) is 6.02. The molecular formula is C14H20BrNO2S. The van der Waals surface area contributed by atoms with Crippen LogP contribution in [0.5, 0.6) is 0 Å². The largest absolute Gasteiger partial charge is 0.465 e. The van der Waals surface area contributed by atoms with Crippen molar-refractivity contribution in [2.75, 3.05) is 19.9 Å². The lowest BCUT2D eigenvalue weighted by atomic mass is 10.1. The summed E-state index contributed by atoms with van der Waals surface area (Å²) in [5.41, 5.74) is 1.69. The molecular weight excluding hydrogens is 326 g/mol. The number of ether oxygens (including phenoxy) is 1. The first-order valence-corrected chi connectivity index (χ1v) is 8.04. The molecule has 3 nitrogen and oxygen atoms in total. The maximum absolute atomic E-state index is 11.4. The summed E-state index contributed by atoms with van der Waals surface area (Å²) in [5, 5.41) is 3.43. The summed E-state index contributed by atoms with van der Waals surface area (Å²) in [6.45, 7) is 6.12. The molecule has 0 fully saturated rings. The van der Waals surface area contributed by atoms with E-state index >= 15 is 0 Å². The van der Waals surface area contributed by atoms with Crippen molar-refractivity contribution < 1.29 is 9.53 Å². The van der Waals surface area contributed by atoms with Gasteiger partial charge in [0.05, 0.1) is 12.7 Å². The lowest BCUT2D eigenvalue weighted by Crippen LogP contribution is -2.31. The van der Waals surface area contributed by atoms with Crippen LogP contribution in [0.3, 0.4) is 0 Å². The van der Waals surface area contributed by atoms with Gasteiger partial charge in [-0.3, -0.25) is 0 Å². The van der Waals surface area contributed by atoms with Crippen LogP contribution in [0.15, 0.2) is 22.7 Å². The number of halogens is 1.